The van der Waals surface area contributed by atoms with Crippen LogP contribution >= 0.6 is 11.3 Å². The third-order valence-electron chi connectivity index (χ3n) is 5.86. The van der Waals surface area contributed by atoms with Crippen LogP contribution in [0.5, 0.6) is 5.75 Å². The Kier molecular flexibility index (Phi) is 8.33. The molecule has 1 aliphatic rings. The average molecular weight is 524 g/mol. The van der Waals surface area contributed by atoms with Crippen LogP contribution in [-0.4, -0.2) is 79.4 Å². The molecule has 2 heterocycles. The molecule has 5 N–H and O–H groups in total. The lowest BCUT2D eigenvalue weighted by Gasteiger charge is -2.31. The number of amides is 3. The molecular weight excluding hydrogens is 494 g/mol. The first-order valence-electron chi connectivity index (χ1n) is 11.6. The summed E-state index contributed by atoms with van der Waals surface area (Å²) in [7, 11) is 3.65. The van der Waals surface area contributed by atoms with Gasteiger partial charge < -0.3 is 26.0 Å². The Balaban J connectivity index is 1.52. The van der Waals surface area contributed by atoms with Crippen LogP contribution in [0.25, 0.3) is 0 Å². The minimum absolute atomic E-state index is 0.0790. The zero-order chi connectivity index (χ0) is 26.4. The van der Waals surface area contributed by atoms with Crippen molar-refractivity contribution < 1.29 is 19.1 Å². The van der Waals surface area contributed by atoms with E-state index in [1.165, 1.54) is 5.38 Å². The number of nitrogens with one attached hydrogen (secondary N) is 3. The Labute approximate surface area is 218 Å². The summed E-state index contributed by atoms with van der Waals surface area (Å²) in [6, 6.07) is 12.2. The molecule has 1 saturated heterocycles. The number of ether oxygens (including phenoxy) is 1. The maximum atomic E-state index is 13.1. The van der Waals surface area contributed by atoms with E-state index < -0.39 is 11.8 Å². The highest BCUT2D eigenvalue weighted by Crippen LogP contribution is 2.27. The van der Waals surface area contributed by atoms with E-state index in [0.717, 1.165) is 43.2 Å². The first kappa shape index (κ1) is 26.1. The number of methoxy groups -OCH3 is 1. The maximum Gasteiger partial charge on any atom is 0.268 e. The summed E-state index contributed by atoms with van der Waals surface area (Å²) in [6.07, 6.45) is 0. The number of rotatable bonds is 9. The molecular formula is C25H29N7O4S. The van der Waals surface area contributed by atoms with Crippen molar-refractivity contribution in [2.75, 3.05) is 62.8 Å². The van der Waals surface area contributed by atoms with Crippen molar-refractivity contribution in [1.82, 2.24) is 14.8 Å². The van der Waals surface area contributed by atoms with Gasteiger partial charge in [0.15, 0.2) is 5.13 Å². The Bertz CT molecular complexity index is 1270. The van der Waals surface area contributed by atoms with Crippen LogP contribution in [0.1, 0.15) is 20.8 Å². The van der Waals surface area contributed by atoms with E-state index in [0.29, 0.717) is 29.2 Å². The molecule has 0 saturated carbocycles. The van der Waals surface area contributed by atoms with Gasteiger partial charge in [-0.15, -0.1) is 11.3 Å². The molecule has 0 aliphatic carbocycles. The molecule has 11 nitrogen and oxygen atoms in total. The quantitative estimate of drug-likeness (QED) is 0.335. The Morgan fingerprint density at radius 3 is 2.38 bits per heavy atom. The van der Waals surface area contributed by atoms with Crippen LogP contribution in [0.4, 0.5) is 22.2 Å². The van der Waals surface area contributed by atoms with Crippen molar-refractivity contribution in [1.29, 1.82) is 0 Å². The fourth-order valence-corrected chi connectivity index (χ4v) is 4.47. The smallest absolute Gasteiger partial charge is 0.268 e. The van der Waals surface area contributed by atoms with E-state index >= 15 is 0 Å². The largest absolute Gasteiger partial charge is 0.497 e. The number of likely N-dealkylation sites (N-methyl/N-ethyl adjacent to an activating group) is 1. The predicted octanol–water partition coefficient (Wildman–Crippen LogP) is 2.43. The van der Waals surface area contributed by atoms with E-state index in [4.69, 9.17) is 10.5 Å². The van der Waals surface area contributed by atoms with Crippen LogP contribution in [-0.2, 0) is 4.79 Å². The third kappa shape index (κ3) is 7.03. The molecule has 0 bridgehead atoms. The second-order valence-corrected chi connectivity index (χ2v) is 9.46. The number of benzene rings is 2. The van der Waals surface area contributed by atoms with E-state index in [1.54, 1.807) is 37.4 Å². The lowest BCUT2D eigenvalue weighted by Crippen LogP contribution is -2.47. The van der Waals surface area contributed by atoms with E-state index in [2.05, 4.69) is 37.8 Å². The zero-order valence-electron chi connectivity index (χ0n) is 20.6. The van der Waals surface area contributed by atoms with Gasteiger partial charge in [-0.1, -0.05) is 0 Å². The number of carbonyl (C=O) groups excluding carboxylic acids is 3. The molecule has 0 radical (unpaired) electrons. The van der Waals surface area contributed by atoms with Gasteiger partial charge in [-0.2, -0.15) is 0 Å². The number of nitrogens with zero attached hydrogens (tertiary/aromatic N) is 3. The molecule has 0 unspecified atom stereocenters. The summed E-state index contributed by atoms with van der Waals surface area (Å²) in [5.41, 5.74) is 7.41. The summed E-state index contributed by atoms with van der Waals surface area (Å²) in [5, 5.41) is 10.6. The lowest BCUT2D eigenvalue weighted by atomic mass is 10.1. The Morgan fingerprint density at radius 2 is 1.73 bits per heavy atom. The van der Waals surface area contributed by atoms with Gasteiger partial charge in [0.2, 0.25) is 5.91 Å². The summed E-state index contributed by atoms with van der Waals surface area (Å²) in [5.74, 6) is -0.534. The minimum Gasteiger partial charge on any atom is -0.497 e. The van der Waals surface area contributed by atoms with Crippen LogP contribution in [0.15, 0.2) is 47.8 Å². The predicted molar refractivity (Wildman–Crippen MR) is 144 cm³/mol. The van der Waals surface area contributed by atoms with Crippen LogP contribution < -0.4 is 26.4 Å². The van der Waals surface area contributed by atoms with Crippen LogP contribution in [0, 0.1) is 0 Å². The van der Waals surface area contributed by atoms with Crippen molar-refractivity contribution in [3.63, 3.8) is 0 Å². The number of primary amides is 1. The number of thiazole rings is 1. The van der Waals surface area contributed by atoms with Crippen molar-refractivity contribution >= 4 is 51.3 Å². The van der Waals surface area contributed by atoms with Gasteiger partial charge in [0.1, 0.15) is 11.4 Å². The monoisotopic (exact) mass is 523 g/mol. The Morgan fingerprint density at radius 1 is 1.03 bits per heavy atom. The molecule has 1 fully saturated rings. The molecule has 194 valence electrons. The molecule has 0 atom stereocenters. The van der Waals surface area contributed by atoms with E-state index in [1.807, 2.05) is 12.1 Å². The first-order chi connectivity index (χ1) is 17.8. The lowest BCUT2D eigenvalue weighted by molar-refractivity contribution is -0.117. The van der Waals surface area contributed by atoms with Gasteiger partial charge in [0, 0.05) is 42.9 Å². The highest BCUT2D eigenvalue weighted by molar-refractivity contribution is 7.14. The fraction of sp³-hybridized carbons (Fsp3) is 0.280. The molecule has 0 spiro atoms. The van der Waals surface area contributed by atoms with Gasteiger partial charge in [0.25, 0.3) is 11.8 Å². The standard InChI is InChI=1S/C25H29N7O4S/c1-31-9-11-32(12-10-31)14-22(33)28-17-5-8-19(24(35)30-25-29-21(15-37-25)23(26)34)20(13-17)27-16-3-6-18(36-2)7-4-16/h3-8,13,15,27H,9-12,14H2,1-2H3,(H2,26,34)(H,28,33)(H,29,30,35). The van der Waals surface area contributed by atoms with Gasteiger partial charge >= 0.3 is 0 Å². The molecule has 1 aromatic heterocycles. The number of hydrogen-bond acceptors (Lipinski definition) is 9. The molecule has 3 amide bonds. The molecule has 4 rings (SSSR count). The van der Waals surface area contributed by atoms with Gasteiger partial charge in [-0.25, -0.2) is 4.98 Å². The van der Waals surface area contributed by atoms with Gasteiger partial charge in [-0.3, -0.25) is 24.6 Å². The first-order valence-corrected chi connectivity index (χ1v) is 12.5. The second-order valence-electron chi connectivity index (χ2n) is 8.60. The van der Waals surface area contributed by atoms with Crippen molar-refractivity contribution in [2.45, 2.75) is 0 Å². The molecule has 1 aliphatic heterocycles. The van der Waals surface area contributed by atoms with E-state index in [-0.39, 0.29) is 16.7 Å². The van der Waals surface area contributed by atoms with Gasteiger partial charge in [0.05, 0.1) is 24.9 Å². The fourth-order valence-electron chi connectivity index (χ4n) is 3.77. The topological polar surface area (TPSA) is 142 Å². The summed E-state index contributed by atoms with van der Waals surface area (Å²) >= 11 is 1.10. The number of anilines is 4. The number of carbonyl (C=O) groups is 3. The zero-order valence-corrected chi connectivity index (χ0v) is 21.4. The molecule has 2 aromatic carbocycles. The normalized spacial score (nSPS) is 14.1. The number of hydrogen-bond donors (Lipinski definition) is 4. The summed E-state index contributed by atoms with van der Waals surface area (Å²) in [6.45, 7) is 3.81. The molecule has 37 heavy (non-hydrogen) atoms. The maximum absolute atomic E-state index is 13.1. The van der Waals surface area contributed by atoms with Crippen molar-refractivity contribution in [3.8, 4) is 5.75 Å². The average Bonchev–Trinajstić information content (AvgIpc) is 3.35. The number of piperazine rings is 1. The third-order valence-corrected chi connectivity index (χ3v) is 6.61. The highest BCUT2D eigenvalue weighted by Gasteiger charge is 2.19. The van der Waals surface area contributed by atoms with Gasteiger partial charge in [-0.05, 0) is 49.5 Å². The summed E-state index contributed by atoms with van der Waals surface area (Å²) in [4.78, 5) is 45.5. The minimum atomic E-state index is -0.671. The van der Waals surface area contributed by atoms with E-state index in [9.17, 15) is 14.4 Å². The second kappa shape index (κ2) is 11.8. The highest BCUT2D eigenvalue weighted by atomic mass is 32.1. The molecule has 12 heteroatoms. The van der Waals surface area contributed by atoms with Crippen molar-refractivity contribution in [3.05, 3.63) is 59.1 Å². The SMILES string of the molecule is COc1ccc(Nc2cc(NC(=O)CN3CCN(C)CC3)ccc2C(=O)Nc2nc(C(N)=O)cs2)cc1. The van der Waals surface area contributed by atoms with Crippen molar-refractivity contribution in [2.24, 2.45) is 5.73 Å². The van der Waals surface area contributed by atoms with Crippen LogP contribution in [0.3, 0.4) is 0 Å². The molecule has 3 aromatic rings. The number of nitrogens with two attached hydrogens (primary N) is 1. The van der Waals surface area contributed by atoms with Crippen LogP contribution in [0.2, 0.25) is 0 Å². The Hall–Kier alpha value is -4.00. The number of aromatic nitrogens is 1. The summed E-state index contributed by atoms with van der Waals surface area (Å²) < 4.78 is 5.21.